The maximum Gasteiger partial charge on any atom is 0.366 e. The fourth-order valence-electron chi connectivity index (χ4n) is 2.54. The largest absolute Gasteiger partial charge is 0.496 e. The van der Waals surface area contributed by atoms with Crippen LogP contribution in [0.4, 0.5) is 11.4 Å². The minimum Gasteiger partial charge on any atom is -0.496 e. The van der Waals surface area contributed by atoms with E-state index in [9.17, 15) is 9.59 Å². The van der Waals surface area contributed by atoms with Crippen LogP contribution >= 0.6 is 0 Å². The predicted octanol–water partition coefficient (Wildman–Crippen LogP) is 5.11. The third-order valence-electron chi connectivity index (χ3n) is 4.09. The van der Waals surface area contributed by atoms with Crippen molar-refractivity contribution in [3.63, 3.8) is 0 Å². The van der Waals surface area contributed by atoms with Crippen LogP contribution in [0, 0.1) is 6.92 Å². The summed E-state index contributed by atoms with van der Waals surface area (Å²) in [7, 11) is 1.48. The van der Waals surface area contributed by atoms with Crippen molar-refractivity contribution < 1.29 is 19.2 Å². The molecular weight excluding hydrogens is 370 g/mol. The number of amides is 1. The Balaban J connectivity index is 1.59. The number of ether oxygens (including phenoxy) is 1. The van der Waals surface area contributed by atoms with Gasteiger partial charge in [-0.05, 0) is 55.0 Å². The minimum atomic E-state index is -0.574. The topological polar surface area (TPSA) is 89.3 Å². The van der Waals surface area contributed by atoms with Crippen molar-refractivity contribution in [1.29, 1.82) is 0 Å². The number of carbonyl (C=O) groups is 2. The third-order valence-corrected chi connectivity index (χ3v) is 4.09. The maximum atomic E-state index is 12.2. The summed E-state index contributed by atoms with van der Waals surface area (Å²) < 4.78 is 5.14. The van der Waals surface area contributed by atoms with Gasteiger partial charge in [-0.2, -0.15) is 0 Å². The number of aryl methyl sites for hydroxylation is 1. The molecule has 7 heteroatoms. The zero-order valence-corrected chi connectivity index (χ0v) is 16.0. The Kier molecular flexibility index (Phi) is 6.32. The van der Waals surface area contributed by atoms with E-state index in [4.69, 9.17) is 9.57 Å². The molecule has 146 valence electrons. The Bertz CT molecular complexity index is 1050. The normalized spacial score (nSPS) is 10.6. The number of hydrogen-bond donors (Lipinski definition) is 1. The quantitative estimate of drug-likeness (QED) is 0.467. The summed E-state index contributed by atoms with van der Waals surface area (Å²) in [6.45, 7) is 1.84. The number of anilines is 1. The van der Waals surface area contributed by atoms with Gasteiger partial charge in [-0.15, -0.1) is 10.2 Å². The number of azo groups is 1. The zero-order valence-electron chi connectivity index (χ0n) is 16.0. The van der Waals surface area contributed by atoms with Gasteiger partial charge in [-0.1, -0.05) is 30.3 Å². The minimum absolute atomic E-state index is 0.308. The summed E-state index contributed by atoms with van der Waals surface area (Å²) >= 11 is 0. The lowest BCUT2D eigenvalue weighted by Crippen LogP contribution is -2.11. The number of nitrogens with one attached hydrogen (secondary N) is 1. The number of para-hydroxylation sites is 1. The molecule has 0 atom stereocenters. The highest BCUT2D eigenvalue weighted by Gasteiger charge is 2.13. The molecule has 0 aliphatic heterocycles. The van der Waals surface area contributed by atoms with Gasteiger partial charge in [-0.3, -0.25) is 4.79 Å². The molecule has 0 aliphatic rings. The lowest BCUT2D eigenvalue weighted by atomic mass is 10.1. The van der Waals surface area contributed by atoms with Gasteiger partial charge in [0, 0.05) is 5.56 Å². The van der Waals surface area contributed by atoms with Crippen molar-refractivity contribution in [2.45, 2.75) is 6.92 Å². The highest BCUT2D eigenvalue weighted by atomic mass is 16.7. The van der Waals surface area contributed by atoms with Crippen molar-refractivity contribution >= 4 is 23.3 Å². The zero-order chi connectivity index (χ0) is 20.6. The van der Waals surface area contributed by atoms with Crippen LogP contribution in [-0.2, 0) is 4.84 Å². The summed E-state index contributed by atoms with van der Waals surface area (Å²) in [6, 6.07) is 20.6. The summed E-state index contributed by atoms with van der Waals surface area (Å²) in [6.07, 6.45) is 0. The Hall–Kier alpha value is -4.00. The molecule has 0 saturated carbocycles. The lowest BCUT2D eigenvalue weighted by molar-refractivity contribution is 0.0592. The van der Waals surface area contributed by atoms with Crippen molar-refractivity contribution in [1.82, 2.24) is 0 Å². The molecular formula is C22H19N3O4. The number of nitrogens with zero attached hydrogens (tertiary/aromatic N) is 2. The van der Waals surface area contributed by atoms with Gasteiger partial charge >= 0.3 is 5.97 Å². The van der Waals surface area contributed by atoms with Gasteiger partial charge in [0.05, 0.1) is 18.5 Å². The number of rotatable bonds is 6. The molecule has 3 rings (SSSR count). The van der Waals surface area contributed by atoms with Crippen LogP contribution < -0.4 is 10.2 Å². The molecule has 1 amide bonds. The molecule has 0 spiro atoms. The lowest BCUT2D eigenvalue weighted by Gasteiger charge is -2.09. The molecule has 0 heterocycles. The summed E-state index contributed by atoms with van der Waals surface area (Å²) in [5, 5.41) is 7.71. The molecule has 0 fully saturated rings. The van der Waals surface area contributed by atoms with Gasteiger partial charge in [-0.25, -0.2) is 10.3 Å². The molecule has 1 N–H and O–H groups in total. The van der Waals surface area contributed by atoms with Crippen LogP contribution in [0.15, 0.2) is 83.0 Å². The first-order chi connectivity index (χ1) is 14.1. The summed E-state index contributed by atoms with van der Waals surface area (Å²) in [4.78, 5) is 29.4. The Morgan fingerprint density at radius 1 is 0.862 bits per heavy atom. The second kappa shape index (κ2) is 9.27. The molecule has 29 heavy (non-hydrogen) atoms. The monoisotopic (exact) mass is 389 g/mol. The molecule has 0 saturated heterocycles. The van der Waals surface area contributed by atoms with E-state index in [-0.39, 0.29) is 0 Å². The van der Waals surface area contributed by atoms with Crippen LogP contribution in [0.5, 0.6) is 5.75 Å². The summed E-state index contributed by atoms with van der Waals surface area (Å²) in [5.74, 6) is -0.556. The molecule has 0 aromatic heterocycles. The molecule has 3 aromatic rings. The van der Waals surface area contributed by atoms with E-state index >= 15 is 0 Å². The average molecular weight is 389 g/mol. The fraction of sp³-hybridized carbons (Fsp3) is 0.0909. The molecule has 0 aliphatic carbocycles. The molecule has 3 aromatic carbocycles. The van der Waals surface area contributed by atoms with Gasteiger partial charge in [0.15, 0.2) is 0 Å². The fourth-order valence-corrected chi connectivity index (χ4v) is 2.54. The van der Waals surface area contributed by atoms with Crippen molar-refractivity contribution in [2.24, 2.45) is 10.2 Å². The van der Waals surface area contributed by atoms with Crippen molar-refractivity contribution in [3.05, 3.63) is 89.5 Å². The Labute approximate surface area is 168 Å². The maximum absolute atomic E-state index is 12.2. The second-order valence-electron chi connectivity index (χ2n) is 6.06. The third kappa shape index (κ3) is 5.04. The van der Waals surface area contributed by atoms with E-state index in [1.54, 1.807) is 60.7 Å². The van der Waals surface area contributed by atoms with Crippen molar-refractivity contribution in [3.8, 4) is 5.75 Å². The van der Waals surface area contributed by atoms with Crippen LogP contribution in [0.25, 0.3) is 0 Å². The number of methoxy groups -OCH3 is 1. The van der Waals surface area contributed by atoms with Gasteiger partial charge in [0.25, 0.3) is 5.91 Å². The van der Waals surface area contributed by atoms with E-state index in [2.05, 4.69) is 15.7 Å². The van der Waals surface area contributed by atoms with E-state index in [0.29, 0.717) is 28.3 Å². The van der Waals surface area contributed by atoms with Gasteiger partial charge in [0.2, 0.25) is 0 Å². The van der Waals surface area contributed by atoms with E-state index in [0.717, 1.165) is 5.56 Å². The SMILES string of the molecule is COc1ccccc1C(=O)ONc1ccc(N=NC(=O)c2ccccc2C)cc1. The highest BCUT2D eigenvalue weighted by Crippen LogP contribution is 2.20. The first-order valence-corrected chi connectivity index (χ1v) is 8.80. The van der Waals surface area contributed by atoms with Crippen LogP contribution in [0.1, 0.15) is 26.3 Å². The molecule has 7 nitrogen and oxygen atoms in total. The molecule has 0 bridgehead atoms. The van der Waals surface area contributed by atoms with E-state index in [1.807, 2.05) is 19.1 Å². The molecule has 0 unspecified atom stereocenters. The van der Waals surface area contributed by atoms with Gasteiger partial charge in [0.1, 0.15) is 11.3 Å². The number of benzene rings is 3. The van der Waals surface area contributed by atoms with Crippen LogP contribution in [0.2, 0.25) is 0 Å². The predicted molar refractivity (Wildman–Crippen MR) is 108 cm³/mol. The van der Waals surface area contributed by atoms with Gasteiger partial charge < -0.3 is 9.57 Å². The second-order valence-corrected chi connectivity index (χ2v) is 6.06. The first kappa shape index (κ1) is 19.8. The number of hydrogen-bond acceptors (Lipinski definition) is 6. The Morgan fingerprint density at radius 3 is 2.21 bits per heavy atom. The molecule has 0 radical (unpaired) electrons. The Morgan fingerprint density at radius 2 is 1.52 bits per heavy atom. The highest BCUT2D eigenvalue weighted by molar-refractivity contribution is 5.96. The van der Waals surface area contributed by atoms with E-state index in [1.165, 1.54) is 7.11 Å². The number of carbonyl (C=O) groups excluding carboxylic acids is 2. The van der Waals surface area contributed by atoms with Crippen LogP contribution in [-0.4, -0.2) is 19.0 Å². The van der Waals surface area contributed by atoms with Crippen molar-refractivity contribution in [2.75, 3.05) is 12.6 Å². The van der Waals surface area contributed by atoms with E-state index < -0.39 is 11.9 Å². The first-order valence-electron chi connectivity index (χ1n) is 8.80. The average Bonchev–Trinajstić information content (AvgIpc) is 2.76. The standard InChI is InChI=1S/C22H19N3O4/c1-15-7-3-4-8-18(15)21(26)24-23-16-11-13-17(14-12-16)25-29-22(27)19-9-5-6-10-20(19)28-2/h3-14,25H,1-2H3. The summed E-state index contributed by atoms with van der Waals surface area (Å²) in [5.41, 5.74) is 5.27. The van der Waals surface area contributed by atoms with Crippen LogP contribution in [0.3, 0.4) is 0 Å². The smallest absolute Gasteiger partial charge is 0.366 e.